The van der Waals surface area contributed by atoms with Gasteiger partial charge in [-0.1, -0.05) is 31.1 Å². The van der Waals surface area contributed by atoms with Crippen LogP contribution in [0.15, 0.2) is 28.8 Å². The van der Waals surface area contributed by atoms with Gasteiger partial charge < -0.3 is 14.9 Å². The first kappa shape index (κ1) is 15.2. The number of aromatic nitrogens is 2. The zero-order chi connectivity index (χ0) is 16.8. The Hall–Kier alpha value is -2.70. The normalized spacial score (nSPS) is 21.7. The van der Waals surface area contributed by atoms with E-state index in [1.807, 2.05) is 0 Å². The van der Waals surface area contributed by atoms with Gasteiger partial charge in [-0.2, -0.15) is 4.98 Å². The van der Waals surface area contributed by atoms with E-state index in [9.17, 15) is 9.59 Å². The number of hydrogen-bond donors (Lipinski definition) is 2. The molecule has 2 N–H and O–H groups in total. The number of carbonyl (C=O) groups is 2. The maximum absolute atomic E-state index is 12.3. The molecule has 1 aromatic heterocycles. The van der Waals surface area contributed by atoms with Crippen molar-refractivity contribution >= 4 is 17.6 Å². The number of carboxylic acid groups (broad SMARTS) is 1. The Morgan fingerprint density at radius 3 is 2.61 bits per heavy atom. The maximum Gasteiger partial charge on any atom is 0.307 e. The van der Waals surface area contributed by atoms with Crippen LogP contribution in [0.5, 0.6) is 0 Å². The molecule has 1 aromatic carbocycles. The van der Waals surface area contributed by atoms with Crippen LogP contribution in [0.2, 0.25) is 0 Å². The number of amides is 1. The molecule has 0 aliphatic heterocycles. The van der Waals surface area contributed by atoms with Crippen LogP contribution in [0, 0.1) is 24.2 Å². The third kappa shape index (κ3) is 2.69. The van der Waals surface area contributed by atoms with Gasteiger partial charge in [-0.25, -0.2) is 0 Å². The molecule has 7 nitrogen and oxygen atoms in total. The second-order valence-corrected chi connectivity index (χ2v) is 6.32. The fourth-order valence-electron chi connectivity index (χ4n) is 2.96. The molecule has 0 unspecified atom stereocenters. The highest BCUT2D eigenvalue weighted by molar-refractivity contribution is 6.00. The van der Waals surface area contributed by atoms with Crippen molar-refractivity contribution in [3.63, 3.8) is 0 Å². The third-order valence-corrected chi connectivity index (χ3v) is 4.29. The number of rotatable bonds is 4. The van der Waals surface area contributed by atoms with E-state index in [0.29, 0.717) is 23.0 Å². The van der Waals surface area contributed by atoms with Crippen LogP contribution in [-0.4, -0.2) is 27.1 Å². The molecule has 1 aliphatic carbocycles. The van der Waals surface area contributed by atoms with Crippen LogP contribution in [-0.2, 0) is 9.59 Å². The van der Waals surface area contributed by atoms with Crippen LogP contribution in [0.3, 0.4) is 0 Å². The third-order valence-electron chi connectivity index (χ3n) is 4.29. The van der Waals surface area contributed by atoms with Gasteiger partial charge >= 0.3 is 5.97 Å². The van der Waals surface area contributed by atoms with Crippen molar-refractivity contribution in [2.24, 2.45) is 17.3 Å². The summed E-state index contributed by atoms with van der Waals surface area (Å²) < 4.78 is 4.94. The lowest BCUT2D eigenvalue weighted by Gasteiger charge is -2.07. The molecule has 23 heavy (non-hydrogen) atoms. The van der Waals surface area contributed by atoms with Crippen LogP contribution in [0.1, 0.15) is 19.7 Å². The summed E-state index contributed by atoms with van der Waals surface area (Å²) in [5.74, 6) is -1.51. The minimum Gasteiger partial charge on any atom is -0.481 e. The van der Waals surface area contributed by atoms with Crippen molar-refractivity contribution in [2.75, 3.05) is 5.32 Å². The Morgan fingerprint density at radius 1 is 1.30 bits per heavy atom. The lowest BCUT2D eigenvalue weighted by atomic mass is 10.1. The van der Waals surface area contributed by atoms with Crippen molar-refractivity contribution in [3.05, 3.63) is 30.2 Å². The minimum absolute atomic E-state index is 0.288. The predicted molar refractivity (Wildman–Crippen MR) is 81.5 cm³/mol. The maximum atomic E-state index is 12.3. The van der Waals surface area contributed by atoms with Gasteiger partial charge in [0.2, 0.25) is 17.6 Å². The van der Waals surface area contributed by atoms with Gasteiger partial charge in [-0.3, -0.25) is 9.59 Å². The zero-order valence-electron chi connectivity index (χ0n) is 13.0. The minimum atomic E-state index is -0.939. The first-order valence-corrected chi connectivity index (χ1v) is 7.25. The summed E-state index contributed by atoms with van der Waals surface area (Å²) in [4.78, 5) is 27.7. The number of carbonyl (C=O) groups excluding carboxylic acids is 1. The van der Waals surface area contributed by atoms with E-state index in [1.165, 1.54) is 0 Å². The number of hydrogen-bond acceptors (Lipinski definition) is 5. The largest absolute Gasteiger partial charge is 0.481 e. The summed E-state index contributed by atoms with van der Waals surface area (Å²) in [5, 5.41) is 15.8. The van der Waals surface area contributed by atoms with E-state index >= 15 is 0 Å². The van der Waals surface area contributed by atoms with Crippen LogP contribution in [0.4, 0.5) is 5.69 Å². The molecule has 7 heteroatoms. The molecule has 1 saturated carbocycles. The first-order chi connectivity index (χ1) is 10.8. The highest BCUT2D eigenvalue weighted by Gasteiger charge is 2.65. The summed E-state index contributed by atoms with van der Waals surface area (Å²) >= 11 is 0. The summed E-state index contributed by atoms with van der Waals surface area (Å²) in [6.07, 6.45) is 0. The number of benzene rings is 1. The molecule has 0 spiro atoms. The van der Waals surface area contributed by atoms with E-state index < -0.39 is 23.2 Å². The topological polar surface area (TPSA) is 105 Å². The average molecular weight is 315 g/mol. The summed E-state index contributed by atoms with van der Waals surface area (Å²) in [6.45, 7) is 5.27. The van der Waals surface area contributed by atoms with Crippen molar-refractivity contribution in [3.8, 4) is 11.4 Å². The Balaban J connectivity index is 1.76. The average Bonchev–Trinajstić information content (AvgIpc) is 2.83. The number of aliphatic carboxylic acids is 1. The molecule has 0 radical (unpaired) electrons. The number of anilines is 1. The molecule has 1 aliphatic rings. The van der Waals surface area contributed by atoms with Gasteiger partial charge in [0, 0.05) is 18.2 Å². The number of carboxylic acids is 1. The molecule has 120 valence electrons. The van der Waals surface area contributed by atoms with Gasteiger partial charge in [-0.15, -0.1) is 0 Å². The van der Waals surface area contributed by atoms with E-state index in [4.69, 9.17) is 9.63 Å². The molecule has 2 atom stereocenters. The van der Waals surface area contributed by atoms with Crippen molar-refractivity contribution in [1.82, 2.24) is 10.1 Å². The van der Waals surface area contributed by atoms with Crippen LogP contribution >= 0.6 is 0 Å². The Kier molecular flexibility index (Phi) is 3.43. The Labute approximate surface area is 132 Å². The molecule has 2 aromatic rings. The zero-order valence-corrected chi connectivity index (χ0v) is 13.0. The van der Waals surface area contributed by atoms with Gasteiger partial charge in [0.05, 0.1) is 11.8 Å². The second kappa shape index (κ2) is 5.19. The van der Waals surface area contributed by atoms with Crippen molar-refractivity contribution < 1.29 is 19.2 Å². The van der Waals surface area contributed by atoms with Crippen LogP contribution in [0.25, 0.3) is 11.4 Å². The van der Waals surface area contributed by atoms with Gasteiger partial charge in [0.25, 0.3) is 0 Å². The van der Waals surface area contributed by atoms with Crippen molar-refractivity contribution in [2.45, 2.75) is 20.8 Å². The van der Waals surface area contributed by atoms with Gasteiger partial charge in [-0.05, 0) is 17.5 Å². The Bertz CT molecular complexity index is 781. The molecule has 3 rings (SSSR count). The summed E-state index contributed by atoms with van der Waals surface area (Å²) in [6, 6.07) is 7.04. The van der Waals surface area contributed by atoms with E-state index in [0.717, 1.165) is 0 Å². The van der Waals surface area contributed by atoms with E-state index in [1.54, 1.807) is 45.0 Å². The molecule has 1 heterocycles. The predicted octanol–water partition coefficient (Wildman–Crippen LogP) is 2.34. The molecule has 0 saturated heterocycles. The lowest BCUT2D eigenvalue weighted by Crippen LogP contribution is -2.17. The highest BCUT2D eigenvalue weighted by atomic mass is 16.5. The second-order valence-electron chi connectivity index (χ2n) is 6.32. The number of nitrogens with zero attached hydrogens (tertiary/aromatic N) is 2. The summed E-state index contributed by atoms with van der Waals surface area (Å²) in [7, 11) is 0. The number of nitrogens with one attached hydrogen (secondary N) is 1. The molecule has 1 amide bonds. The smallest absolute Gasteiger partial charge is 0.307 e. The van der Waals surface area contributed by atoms with Gasteiger partial charge in [0.15, 0.2) is 0 Å². The fraction of sp³-hybridized carbons (Fsp3) is 0.375. The quantitative estimate of drug-likeness (QED) is 0.897. The Morgan fingerprint density at radius 2 is 2.04 bits per heavy atom. The standard InChI is InChI=1S/C16H17N3O4/c1-8-17-13(19-23-8)9-5-4-6-10(7-9)18-14(20)11-12(15(21)22)16(11,2)3/h4-7,11-12H,1-3H3,(H,18,20)(H,21,22)/t11-,12+/m0/s1. The van der Waals surface area contributed by atoms with E-state index in [-0.39, 0.29) is 5.91 Å². The highest BCUT2D eigenvalue weighted by Crippen LogP contribution is 2.58. The van der Waals surface area contributed by atoms with E-state index in [2.05, 4.69) is 15.5 Å². The lowest BCUT2D eigenvalue weighted by molar-refractivity contribution is -0.140. The first-order valence-electron chi connectivity index (χ1n) is 7.25. The number of aryl methyl sites for hydroxylation is 1. The molecule has 1 fully saturated rings. The SMILES string of the molecule is Cc1nc(-c2cccc(NC(=O)[C@@H]3[C@H](C(=O)O)C3(C)C)c2)no1. The summed E-state index contributed by atoms with van der Waals surface area (Å²) in [5.41, 5.74) is 0.754. The van der Waals surface area contributed by atoms with Gasteiger partial charge in [0.1, 0.15) is 0 Å². The monoisotopic (exact) mass is 315 g/mol. The molecule has 0 bridgehead atoms. The fourth-order valence-corrected chi connectivity index (χ4v) is 2.96. The van der Waals surface area contributed by atoms with Crippen LogP contribution < -0.4 is 5.32 Å². The van der Waals surface area contributed by atoms with Crippen molar-refractivity contribution in [1.29, 1.82) is 0 Å². The molecular formula is C16H17N3O4. The molecular weight excluding hydrogens is 298 g/mol.